The van der Waals surface area contributed by atoms with Crippen LogP contribution in [0.5, 0.6) is 17.2 Å². The number of aromatic nitrogens is 2. The molecule has 1 N–H and O–H groups in total. The quantitative estimate of drug-likeness (QED) is 0.191. The first-order valence-corrected chi connectivity index (χ1v) is 15.9. The van der Waals surface area contributed by atoms with E-state index in [1.54, 1.807) is 37.6 Å². The molecule has 11 nitrogen and oxygen atoms in total. The van der Waals surface area contributed by atoms with Crippen molar-refractivity contribution in [3.63, 3.8) is 0 Å². The summed E-state index contributed by atoms with van der Waals surface area (Å²) < 4.78 is 17.0. The summed E-state index contributed by atoms with van der Waals surface area (Å²) in [6.45, 7) is 10.2. The predicted octanol–water partition coefficient (Wildman–Crippen LogP) is 6.27. The van der Waals surface area contributed by atoms with Crippen molar-refractivity contribution in [1.29, 1.82) is 0 Å². The van der Waals surface area contributed by atoms with E-state index in [2.05, 4.69) is 51.2 Å². The number of nitrogens with zero attached hydrogens (tertiary/aromatic N) is 6. The van der Waals surface area contributed by atoms with Crippen molar-refractivity contribution in [2.45, 2.75) is 20.3 Å². The summed E-state index contributed by atoms with van der Waals surface area (Å²) in [7, 11) is 7.36. The minimum atomic E-state index is -0.641. The first-order chi connectivity index (χ1) is 22.7. The molecule has 0 saturated carbocycles. The molecule has 11 heteroatoms. The van der Waals surface area contributed by atoms with Crippen molar-refractivity contribution in [2.75, 3.05) is 82.7 Å². The Morgan fingerprint density at radius 1 is 0.915 bits per heavy atom. The molecule has 47 heavy (non-hydrogen) atoms. The minimum Gasteiger partial charge on any atom is -0.497 e. The average molecular weight is 640 g/mol. The number of methoxy groups -OCH3 is 2. The first kappa shape index (κ1) is 33.5. The molecule has 2 heterocycles. The highest BCUT2D eigenvalue weighted by atomic mass is 16.6. The lowest BCUT2D eigenvalue weighted by atomic mass is 10.1. The van der Waals surface area contributed by atoms with E-state index in [0.29, 0.717) is 34.7 Å². The molecule has 4 aromatic rings. The maximum Gasteiger partial charge on any atom is 0.425 e. The summed E-state index contributed by atoms with van der Waals surface area (Å²) in [5.41, 5.74) is 4.15. The lowest BCUT2D eigenvalue weighted by molar-refractivity contribution is 0.209. The zero-order chi connectivity index (χ0) is 33.3. The Balaban J connectivity index is 1.33. The van der Waals surface area contributed by atoms with Gasteiger partial charge in [-0.3, -0.25) is 4.90 Å². The maximum atomic E-state index is 13.9. The van der Waals surface area contributed by atoms with Crippen LogP contribution in [0, 0.1) is 13.8 Å². The van der Waals surface area contributed by atoms with Crippen molar-refractivity contribution in [1.82, 2.24) is 19.8 Å². The van der Waals surface area contributed by atoms with E-state index < -0.39 is 6.09 Å². The molecule has 1 amide bonds. The van der Waals surface area contributed by atoms with Gasteiger partial charge in [0.15, 0.2) is 0 Å². The molecular weight excluding hydrogens is 594 g/mol. The Kier molecular flexibility index (Phi) is 11.1. The number of benzene rings is 3. The molecule has 0 aliphatic carbocycles. The molecule has 0 radical (unpaired) electrons. The Labute approximate surface area is 277 Å². The van der Waals surface area contributed by atoms with Gasteiger partial charge < -0.3 is 29.3 Å². The largest absolute Gasteiger partial charge is 0.497 e. The van der Waals surface area contributed by atoms with E-state index >= 15 is 0 Å². The number of ether oxygens (including phenoxy) is 3. The van der Waals surface area contributed by atoms with Crippen molar-refractivity contribution in [2.24, 2.45) is 0 Å². The fraction of sp³-hybridized carbons (Fsp3) is 0.361. The van der Waals surface area contributed by atoms with E-state index in [-0.39, 0.29) is 0 Å². The van der Waals surface area contributed by atoms with E-state index in [4.69, 9.17) is 19.2 Å². The lowest BCUT2D eigenvalue weighted by Crippen LogP contribution is -2.46. The summed E-state index contributed by atoms with van der Waals surface area (Å²) in [5.74, 6) is 2.14. The fourth-order valence-corrected chi connectivity index (χ4v) is 5.64. The van der Waals surface area contributed by atoms with E-state index in [1.165, 1.54) is 24.1 Å². The van der Waals surface area contributed by atoms with Crippen molar-refractivity contribution in [3.8, 4) is 17.2 Å². The zero-order valence-electron chi connectivity index (χ0n) is 28.2. The molecular formula is C36H45N7O4. The molecule has 5 rings (SSSR count). The molecule has 0 bridgehead atoms. The third-order valence-electron chi connectivity index (χ3n) is 8.22. The van der Waals surface area contributed by atoms with Crippen LogP contribution in [0.25, 0.3) is 0 Å². The molecule has 248 valence electrons. The number of hydrogen-bond acceptors (Lipinski definition) is 10. The second kappa shape index (κ2) is 15.6. The average Bonchev–Trinajstić information content (AvgIpc) is 3.07. The molecule has 3 aromatic carbocycles. The number of aryl methyl sites for hydroxylation is 2. The van der Waals surface area contributed by atoms with Gasteiger partial charge in [-0.15, -0.1) is 0 Å². The summed E-state index contributed by atoms with van der Waals surface area (Å²) in [6.07, 6.45) is 2.15. The van der Waals surface area contributed by atoms with Gasteiger partial charge in [0.2, 0.25) is 5.95 Å². The summed E-state index contributed by atoms with van der Waals surface area (Å²) >= 11 is 0. The Morgan fingerprint density at radius 3 is 2.30 bits per heavy atom. The number of para-hydroxylation sites is 1. The fourth-order valence-electron chi connectivity index (χ4n) is 5.64. The highest BCUT2D eigenvalue weighted by Crippen LogP contribution is 2.37. The van der Waals surface area contributed by atoms with E-state index in [9.17, 15) is 4.79 Å². The van der Waals surface area contributed by atoms with Crippen LogP contribution in [0.2, 0.25) is 0 Å². The van der Waals surface area contributed by atoms with Crippen LogP contribution in [0.4, 0.5) is 33.6 Å². The normalized spacial score (nSPS) is 13.4. The Bertz CT molecular complexity index is 1620. The molecule has 0 spiro atoms. The van der Waals surface area contributed by atoms with Gasteiger partial charge in [-0.05, 0) is 95.0 Å². The highest BCUT2D eigenvalue weighted by Gasteiger charge is 2.27. The van der Waals surface area contributed by atoms with Crippen LogP contribution in [-0.4, -0.2) is 93.4 Å². The summed E-state index contributed by atoms with van der Waals surface area (Å²) in [5, 5.41) is 3.29. The Hall–Kier alpha value is -4.87. The topological polar surface area (TPSA) is 95.5 Å². The van der Waals surface area contributed by atoms with Gasteiger partial charge in [0.25, 0.3) is 0 Å². The number of amides is 1. The number of piperazine rings is 1. The van der Waals surface area contributed by atoms with Gasteiger partial charge in [-0.25, -0.2) is 14.7 Å². The monoisotopic (exact) mass is 639 g/mol. The maximum absolute atomic E-state index is 13.9. The summed E-state index contributed by atoms with van der Waals surface area (Å²) in [6, 6.07) is 20.9. The predicted molar refractivity (Wildman–Crippen MR) is 187 cm³/mol. The van der Waals surface area contributed by atoms with Crippen molar-refractivity contribution in [3.05, 3.63) is 84.1 Å². The number of anilines is 5. The number of rotatable bonds is 12. The minimum absolute atomic E-state index is 0.308. The zero-order valence-corrected chi connectivity index (χ0v) is 28.2. The standard InChI is InChI=1S/C36H45N7O4/c1-26-9-7-10-27(2)34(26)47-36(44)43(31-16-15-30(45-5)25-32(31)46-6)33-17-18-37-35(39-33)38-28-11-13-29(14-12-28)42-23-21-41(22-24-42)20-8-19-40(3)4/h7,9-18,25H,8,19-24H2,1-6H3,(H,37,38,39). The van der Waals surface area contributed by atoms with Crippen molar-refractivity contribution < 1.29 is 19.0 Å². The molecule has 1 aliphatic heterocycles. The van der Waals surface area contributed by atoms with Crippen molar-refractivity contribution >= 4 is 34.9 Å². The number of carbonyl (C=O) groups is 1. The van der Waals surface area contributed by atoms with Gasteiger partial charge in [0.05, 0.1) is 19.9 Å². The molecule has 1 saturated heterocycles. The number of nitrogens with one attached hydrogen (secondary N) is 1. The molecule has 1 fully saturated rings. The smallest absolute Gasteiger partial charge is 0.425 e. The SMILES string of the molecule is COc1ccc(N(C(=O)Oc2c(C)cccc2C)c2ccnc(Nc3ccc(N4CCN(CCCN(C)C)CC4)cc3)n2)c(OC)c1. The molecule has 0 atom stereocenters. The second-order valence-corrected chi connectivity index (χ2v) is 11.9. The van der Waals surface area contributed by atoms with Gasteiger partial charge in [0.1, 0.15) is 23.1 Å². The van der Waals surface area contributed by atoms with Gasteiger partial charge in [-0.1, -0.05) is 18.2 Å². The Morgan fingerprint density at radius 2 is 1.64 bits per heavy atom. The first-order valence-electron chi connectivity index (χ1n) is 15.9. The van der Waals surface area contributed by atoms with Crippen LogP contribution in [0.15, 0.2) is 72.9 Å². The van der Waals surface area contributed by atoms with Gasteiger partial charge >= 0.3 is 6.09 Å². The van der Waals surface area contributed by atoms with Gasteiger partial charge in [0, 0.05) is 55.9 Å². The molecule has 0 unspecified atom stereocenters. The molecule has 1 aliphatic rings. The molecule has 1 aromatic heterocycles. The summed E-state index contributed by atoms with van der Waals surface area (Å²) in [4.78, 5) is 31.7. The van der Waals surface area contributed by atoms with Crippen LogP contribution in [-0.2, 0) is 0 Å². The second-order valence-electron chi connectivity index (χ2n) is 11.9. The van der Waals surface area contributed by atoms with Crippen LogP contribution in [0.1, 0.15) is 17.5 Å². The van der Waals surface area contributed by atoms with Crippen LogP contribution < -0.4 is 29.3 Å². The van der Waals surface area contributed by atoms with Gasteiger partial charge in [-0.2, -0.15) is 4.98 Å². The highest BCUT2D eigenvalue weighted by molar-refractivity contribution is 5.98. The lowest BCUT2D eigenvalue weighted by Gasteiger charge is -2.36. The van der Waals surface area contributed by atoms with Crippen LogP contribution in [0.3, 0.4) is 0 Å². The number of hydrogen-bond donors (Lipinski definition) is 1. The van der Waals surface area contributed by atoms with Crippen LogP contribution >= 0.6 is 0 Å². The van der Waals surface area contributed by atoms with E-state index in [1.807, 2.05) is 44.2 Å². The number of carbonyl (C=O) groups excluding carboxylic acids is 1. The third-order valence-corrected chi connectivity index (χ3v) is 8.22. The van der Waals surface area contributed by atoms with E-state index in [0.717, 1.165) is 56.1 Å². The third kappa shape index (κ3) is 8.49.